The Labute approximate surface area is 127 Å². The van der Waals surface area contributed by atoms with Crippen molar-refractivity contribution in [2.24, 2.45) is 0 Å². The molecule has 1 heterocycles. The summed E-state index contributed by atoms with van der Waals surface area (Å²) < 4.78 is 53.2. The van der Waals surface area contributed by atoms with Crippen molar-refractivity contribution in [3.05, 3.63) is 28.2 Å². The summed E-state index contributed by atoms with van der Waals surface area (Å²) in [4.78, 5) is -0.689. The SMILES string of the molecule is N#CC1(NS(=O)(=O)c2c(F)cc(F)cc2Br)CCSC1. The molecule has 1 aromatic rings. The first-order valence-electron chi connectivity index (χ1n) is 5.47. The molecule has 0 aromatic heterocycles. The van der Waals surface area contributed by atoms with E-state index in [2.05, 4.69) is 20.7 Å². The number of benzene rings is 1. The Balaban J connectivity index is 2.44. The molecule has 1 atom stereocenters. The third kappa shape index (κ3) is 2.98. The molecule has 1 saturated heterocycles. The minimum Gasteiger partial charge on any atom is -0.207 e. The Morgan fingerprint density at radius 1 is 1.45 bits per heavy atom. The molecule has 0 aliphatic carbocycles. The van der Waals surface area contributed by atoms with Crippen LogP contribution >= 0.6 is 27.7 Å². The van der Waals surface area contributed by atoms with Crippen molar-refractivity contribution < 1.29 is 17.2 Å². The lowest BCUT2D eigenvalue weighted by molar-refractivity contribution is 0.503. The first kappa shape index (κ1) is 15.7. The molecule has 1 aliphatic rings. The lowest BCUT2D eigenvalue weighted by Gasteiger charge is -2.21. The van der Waals surface area contributed by atoms with Gasteiger partial charge in [0.2, 0.25) is 10.0 Å². The molecule has 0 saturated carbocycles. The molecule has 2 rings (SSSR count). The van der Waals surface area contributed by atoms with Gasteiger partial charge < -0.3 is 0 Å². The lowest BCUT2D eigenvalue weighted by Crippen LogP contribution is -2.47. The zero-order valence-corrected chi connectivity index (χ0v) is 13.2. The Bertz CT molecular complexity index is 659. The second-order valence-electron chi connectivity index (χ2n) is 4.30. The highest BCUT2D eigenvalue weighted by Crippen LogP contribution is 2.32. The number of nitriles is 1. The summed E-state index contributed by atoms with van der Waals surface area (Å²) in [6.07, 6.45) is 0.341. The molecule has 108 valence electrons. The zero-order valence-electron chi connectivity index (χ0n) is 9.99. The summed E-state index contributed by atoms with van der Waals surface area (Å²) in [5, 5.41) is 9.15. The van der Waals surface area contributed by atoms with Gasteiger partial charge in [-0.2, -0.15) is 21.7 Å². The van der Waals surface area contributed by atoms with Gasteiger partial charge in [-0.05, 0) is 34.2 Å². The second-order valence-corrected chi connectivity index (χ2v) is 7.88. The van der Waals surface area contributed by atoms with Gasteiger partial charge in [0.1, 0.15) is 22.1 Å². The summed E-state index contributed by atoms with van der Waals surface area (Å²) in [5.74, 6) is -1.16. The van der Waals surface area contributed by atoms with Gasteiger partial charge >= 0.3 is 0 Å². The van der Waals surface area contributed by atoms with Crippen molar-refractivity contribution in [1.82, 2.24) is 4.72 Å². The van der Waals surface area contributed by atoms with Gasteiger partial charge in [-0.3, -0.25) is 0 Å². The van der Waals surface area contributed by atoms with Crippen molar-refractivity contribution >= 4 is 37.7 Å². The van der Waals surface area contributed by atoms with Crippen LogP contribution in [0.4, 0.5) is 8.78 Å². The quantitative estimate of drug-likeness (QED) is 0.871. The predicted octanol–water partition coefficient (Wildman–Crippen LogP) is 2.40. The van der Waals surface area contributed by atoms with Crippen molar-refractivity contribution in [1.29, 1.82) is 5.26 Å². The molecule has 9 heteroatoms. The first-order valence-corrected chi connectivity index (χ1v) is 8.90. The van der Waals surface area contributed by atoms with Gasteiger partial charge in [0.05, 0.1) is 6.07 Å². The Morgan fingerprint density at radius 3 is 2.65 bits per heavy atom. The van der Waals surface area contributed by atoms with Crippen LogP contribution in [0, 0.1) is 23.0 Å². The highest BCUT2D eigenvalue weighted by atomic mass is 79.9. The van der Waals surface area contributed by atoms with E-state index in [1.165, 1.54) is 11.8 Å². The summed E-state index contributed by atoms with van der Waals surface area (Å²) in [6.45, 7) is 0. The van der Waals surface area contributed by atoms with Gasteiger partial charge in [-0.15, -0.1) is 0 Å². The van der Waals surface area contributed by atoms with Crippen LogP contribution in [0.3, 0.4) is 0 Å². The van der Waals surface area contributed by atoms with E-state index in [9.17, 15) is 17.2 Å². The number of thioether (sulfide) groups is 1. The number of halogens is 3. The minimum absolute atomic E-state index is 0.221. The summed E-state index contributed by atoms with van der Waals surface area (Å²) in [7, 11) is -4.27. The zero-order chi connectivity index (χ0) is 15.0. The highest BCUT2D eigenvalue weighted by molar-refractivity contribution is 9.10. The largest absolute Gasteiger partial charge is 0.246 e. The van der Waals surface area contributed by atoms with E-state index in [1.807, 2.05) is 6.07 Å². The minimum atomic E-state index is -4.27. The third-order valence-corrected chi connectivity index (χ3v) is 6.49. The maximum atomic E-state index is 13.7. The van der Waals surface area contributed by atoms with E-state index in [0.717, 1.165) is 6.07 Å². The summed E-state index contributed by atoms with van der Waals surface area (Å²) in [5.41, 5.74) is -1.25. The summed E-state index contributed by atoms with van der Waals surface area (Å²) in [6, 6.07) is 3.28. The third-order valence-electron chi connectivity index (χ3n) is 2.80. The molecule has 1 fully saturated rings. The molecule has 1 aliphatic heterocycles. The number of hydrogen-bond donors (Lipinski definition) is 1. The average molecular weight is 383 g/mol. The van der Waals surface area contributed by atoms with Crippen LogP contribution in [0.2, 0.25) is 0 Å². The molecule has 0 radical (unpaired) electrons. The lowest BCUT2D eigenvalue weighted by atomic mass is 10.0. The highest BCUT2D eigenvalue weighted by Gasteiger charge is 2.40. The summed E-state index contributed by atoms with van der Waals surface area (Å²) >= 11 is 4.27. The van der Waals surface area contributed by atoms with Crippen LogP contribution in [0.1, 0.15) is 6.42 Å². The topological polar surface area (TPSA) is 70.0 Å². The van der Waals surface area contributed by atoms with Gasteiger partial charge in [-0.1, -0.05) is 0 Å². The maximum Gasteiger partial charge on any atom is 0.246 e. The number of hydrogen-bond acceptors (Lipinski definition) is 4. The van der Waals surface area contributed by atoms with E-state index in [1.54, 1.807) is 0 Å². The van der Waals surface area contributed by atoms with E-state index in [0.29, 0.717) is 24.0 Å². The molecule has 1 N–H and O–H groups in total. The van der Waals surface area contributed by atoms with Gasteiger partial charge in [0.15, 0.2) is 0 Å². The Kier molecular flexibility index (Phi) is 4.39. The molecule has 1 unspecified atom stereocenters. The van der Waals surface area contributed by atoms with E-state index in [-0.39, 0.29) is 4.47 Å². The number of sulfonamides is 1. The van der Waals surface area contributed by atoms with Crippen molar-refractivity contribution in [2.45, 2.75) is 16.9 Å². The van der Waals surface area contributed by atoms with Crippen LogP contribution in [0.25, 0.3) is 0 Å². The van der Waals surface area contributed by atoms with Crippen LogP contribution in [0.5, 0.6) is 0 Å². The molecular weight excluding hydrogens is 374 g/mol. The normalized spacial score (nSPS) is 22.7. The van der Waals surface area contributed by atoms with Crippen LogP contribution in [-0.4, -0.2) is 25.5 Å². The van der Waals surface area contributed by atoms with E-state index < -0.39 is 32.1 Å². The molecule has 4 nitrogen and oxygen atoms in total. The predicted molar refractivity (Wildman–Crippen MR) is 74.7 cm³/mol. The van der Waals surface area contributed by atoms with Crippen molar-refractivity contribution in [3.63, 3.8) is 0 Å². The monoisotopic (exact) mass is 382 g/mol. The molecular formula is C11H9BrF2N2O2S2. The van der Waals surface area contributed by atoms with Crippen molar-refractivity contribution in [2.75, 3.05) is 11.5 Å². The van der Waals surface area contributed by atoms with Crippen LogP contribution in [0.15, 0.2) is 21.5 Å². The number of nitrogens with one attached hydrogen (secondary N) is 1. The molecule has 0 spiro atoms. The Morgan fingerprint density at radius 2 is 2.15 bits per heavy atom. The molecule has 0 bridgehead atoms. The van der Waals surface area contributed by atoms with Gasteiger partial charge in [-0.25, -0.2) is 17.2 Å². The first-order chi connectivity index (χ1) is 9.30. The maximum absolute atomic E-state index is 13.7. The van der Waals surface area contributed by atoms with Crippen LogP contribution < -0.4 is 4.72 Å². The molecule has 0 amide bonds. The van der Waals surface area contributed by atoms with Gasteiger partial charge in [0, 0.05) is 16.3 Å². The van der Waals surface area contributed by atoms with Crippen LogP contribution in [-0.2, 0) is 10.0 Å². The smallest absolute Gasteiger partial charge is 0.207 e. The number of rotatable bonds is 3. The Hall–Kier alpha value is -0.690. The second kappa shape index (κ2) is 5.60. The van der Waals surface area contributed by atoms with E-state index in [4.69, 9.17) is 5.26 Å². The average Bonchev–Trinajstić information content (AvgIpc) is 2.75. The standard InChI is InChI=1S/C11H9BrF2N2O2S2/c12-8-3-7(13)4-9(14)10(8)20(17,18)16-11(5-15)1-2-19-6-11/h3-4,16H,1-2,6H2. The van der Waals surface area contributed by atoms with E-state index >= 15 is 0 Å². The molecule has 20 heavy (non-hydrogen) atoms. The molecule has 1 aromatic carbocycles. The fourth-order valence-corrected chi connectivity index (χ4v) is 5.72. The van der Waals surface area contributed by atoms with Crippen molar-refractivity contribution in [3.8, 4) is 6.07 Å². The van der Waals surface area contributed by atoms with Gasteiger partial charge in [0.25, 0.3) is 0 Å². The number of nitrogens with zero attached hydrogens (tertiary/aromatic N) is 1. The fraction of sp³-hybridized carbons (Fsp3) is 0.364. The fourth-order valence-electron chi connectivity index (χ4n) is 1.85.